The van der Waals surface area contributed by atoms with Crippen LogP contribution in [0.15, 0.2) is 17.5 Å². The van der Waals surface area contributed by atoms with E-state index in [1.807, 2.05) is 11.3 Å². The first kappa shape index (κ1) is 12.1. The largest absolute Gasteiger partial charge is 0.396 e. The van der Waals surface area contributed by atoms with Gasteiger partial charge < -0.3 is 10.4 Å². The van der Waals surface area contributed by atoms with Gasteiger partial charge in [-0.3, -0.25) is 0 Å². The molecule has 1 fully saturated rings. The predicted octanol–water partition coefficient (Wildman–Crippen LogP) is 2.43. The van der Waals surface area contributed by atoms with E-state index in [9.17, 15) is 5.11 Å². The summed E-state index contributed by atoms with van der Waals surface area (Å²) in [5.41, 5.74) is 0. The van der Waals surface area contributed by atoms with E-state index < -0.39 is 0 Å². The maximum atomic E-state index is 9.31. The Morgan fingerprint density at radius 2 is 2.25 bits per heavy atom. The van der Waals surface area contributed by atoms with E-state index in [0.717, 1.165) is 13.0 Å². The fourth-order valence-corrected chi connectivity index (χ4v) is 3.24. The van der Waals surface area contributed by atoms with Crippen LogP contribution in [0.25, 0.3) is 0 Å². The summed E-state index contributed by atoms with van der Waals surface area (Å²) in [5.74, 6) is 0.483. The quantitative estimate of drug-likeness (QED) is 0.827. The lowest BCUT2D eigenvalue weighted by Crippen LogP contribution is -2.41. The fraction of sp³-hybridized carbons (Fsp3) is 0.692. The molecule has 90 valence electrons. The van der Waals surface area contributed by atoms with E-state index >= 15 is 0 Å². The summed E-state index contributed by atoms with van der Waals surface area (Å²) in [5, 5.41) is 15.0. The molecule has 2 nitrogen and oxygen atoms in total. The smallest absolute Gasteiger partial charge is 0.0474 e. The number of hydrogen-bond donors (Lipinski definition) is 2. The molecule has 2 rings (SSSR count). The second kappa shape index (κ2) is 6.38. The lowest BCUT2D eigenvalue weighted by atomic mass is 9.85. The van der Waals surface area contributed by atoms with Crippen molar-refractivity contribution in [2.45, 2.75) is 38.1 Å². The minimum Gasteiger partial charge on any atom is -0.396 e. The van der Waals surface area contributed by atoms with Crippen LogP contribution in [0, 0.1) is 5.92 Å². The third-order valence-electron chi connectivity index (χ3n) is 3.50. The van der Waals surface area contributed by atoms with Gasteiger partial charge in [-0.1, -0.05) is 18.9 Å². The van der Waals surface area contributed by atoms with Gasteiger partial charge >= 0.3 is 0 Å². The molecular formula is C13H21NOS. The summed E-state index contributed by atoms with van der Waals surface area (Å²) in [6.45, 7) is 1.39. The van der Waals surface area contributed by atoms with E-state index in [1.165, 1.54) is 30.6 Å². The summed E-state index contributed by atoms with van der Waals surface area (Å²) < 4.78 is 0. The zero-order valence-corrected chi connectivity index (χ0v) is 10.5. The van der Waals surface area contributed by atoms with Crippen molar-refractivity contribution in [3.63, 3.8) is 0 Å². The molecule has 2 atom stereocenters. The van der Waals surface area contributed by atoms with Crippen molar-refractivity contribution >= 4 is 11.3 Å². The molecule has 1 aliphatic rings. The lowest BCUT2D eigenvalue weighted by Gasteiger charge is -2.31. The minimum absolute atomic E-state index is 0.344. The van der Waals surface area contributed by atoms with Crippen molar-refractivity contribution in [2.75, 3.05) is 13.2 Å². The average Bonchev–Trinajstić information content (AvgIpc) is 2.83. The van der Waals surface area contributed by atoms with E-state index in [-0.39, 0.29) is 0 Å². The first-order valence-electron chi connectivity index (χ1n) is 6.27. The molecule has 1 saturated carbocycles. The van der Waals surface area contributed by atoms with E-state index in [0.29, 0.717) is 18.6 Å². The average molecular weight is 239 g/mol. The van der Waals surface area contributed by atoms with Crippen molar-refractivity contribution in [1.82, 2.24) is 5.32 Å². The van der Waals surface area contributed by atoms with Gasteiger partial charge in [0.15, 0.2) is 0 Å². The third kappa shape index (κ3) is 3.30. The molecule has 0 saturated heterocycles. The van der Waals surface area contributed by atoms with Crippen molar-refractivity contribution in [1.29, 1.82) is 0 Å². The Bertz CT molecular complexity index is 286. The number of aliphatic hydroxyl groups is 1. The van der Waals surface area contributed by atoms with Gasteiger partial charge in [0.2, 0.25) is 0 Å². The molecule has 0 bridgehead atoms. The molecule has 2 N–H and O–H groups in total. The Balaban J connectivity index is 1.71. The van der Waals surface area contributed by atoms with Crippen LogP contribution in [-0.4, -0.2) is 24.3 Å². The number of hydrogen-bond acceptors (Lipinski definition) is 3. The Hall–Kier alpha value is -0.380. The van der Waals surface area contributed by atoms with Crippen molar-refractivity contribution in [3.05, 3.63) is 22.4 Å². The summed E-state index contributed by atoms with van der Waals surface area (Å²) in [7, 11) is 0. The van der Waals surface area contributed by atoms with Gasteiger partial charge in [-0.15, -0.1) is 11.3 Å². The van der Waals surface area contributed by atoms with Crippen LogP contribution in [0.5, 0.6) is 0 Å². The molecule has 16 heavy (non-hydrogen) atoms. The van der Waals surface area contributed by atoms with Gasteiger partial charge in [0.1, 0.15) is 0 Å². The van der Waals surface area contributed by atoms with Crippen LogP contribution in [0.1, 0.15) is 30.6 Å². The minimum atomic E-state index is 0.344. The van der Waals surface area contributed by atoms with Crippen molar-refractivity contribution in [3.8, 4) is 0 Å². The van der Waals surface area contributed by atoms with Gasteiger partial charge in [0.05, 0.1) is 0 Å². The molecule has 1 heterocycles. The summed E-state index contributed by atoms with van der Waals surface area (Å²) in [6.07, 6.45) is 6.14. The normalized spacial score (nSPS) is 25.8. The molecule has 0 aliphatic heterocycles. The lowest BCUT2D eigenvalue weighted by molar-refractivity contribution is 0.153. The molecule has 0 aromatic carbocycles. The van der Waals surface area contributed by atoms with Gasteiger partial charge in [-0.25, -0.2) is 0 Å². The van der Waals surface area contributed by atoms with Gasteiger partial charge in [0.25, 0.3) is 0 Å². The number of rotatable bonds is 5. The molecule has 0 radical (unpaired) electrons. The second-order valence-electron chi connectivity index (χ2n) is 4.62. The van der Waals surface area contributed by atoms with Crippen LogP contribution in [0.3, 0.4) is 0 Å². The van der Waals surface area contributed by atoms with E-state index in [2.05, 4.69) is 22.8 Å². The summed E-state index contributed by atoms with van der Waals surface area (Å²) in [6, 6.07) is 4.84. The molecule has 2 unspecified atom stereocenters. The monoisotopic (exact) mass is 239 g/mol. The molecule has 1 aromatic heterocycles. The molecule has 3 heteroatoms. The number of nitrogens with one attached hydrogen (secondary N) is 1. The van der Waals surface area contributed by atoms with Crippen LogP contribution in [-0.2, 0) is 6.42 Å². The van der Waals surface area contributed by atoms with Crippen LogP contribution >= 0.6 is 11.3 Å². The zero-order chi connectivity index (χ0) is 11.2. The van der Waals surface area contributed by atoms with E-state index in [4.69, 9.17) is 0 Å². The van der Waals surface area contributed by atoms with Crippen molar-refractivity contribution < 1.29 is 5.11 Å². The molecule has 1 aliphatic carbocycles. The predicted molar refractivity (Wildman–Crippen MR) is 68.9 cm³/mol. The highest BCUT2D eigenvalue weighted by Crippen LogP contribution is 2.23. The third-order valence-corrected chi connectivity index (χ3v) is 4.44. The standard InChI is InChI=1S/C13H21NOS/c15-10-11-4-1-2-6-13(11)14-8-7-12-5-3-9-16-12/h3,5,9,11,13-15H,1-2,4,6-8,10H2. The molecule has 0 spiro atoms. The Labute approximate surface area is 102 Å². The SMILES string of the molecule is OCC1CCCCC1NCCc1cccs1. The Morgan fingerprint density at radius 1 is 1.38 bits per heavy atom. The second-order valence-corrected chi connectivity index (χ2v) is 5.65. The first-order valence-corrected chi connectivity index (χ1v) is 7.14. The molecule has 1 aromatic rings. The van der Waals surface area contributed by atoms with Crippen LogP contribution in [0.4, 0.5) is 0 Å². The highest BCUT2D eigenvalue weighted by atomic mass is 32.1. The zero-order valence-electron chi connectivity index (χ0n) is 9.69. The number of aliphatic hydroxyl groups excluding tert-OH is 1. The van der Waals surface area contributed by atoms with Gasteiger partial charge in [0, 0.05) is 24.1 Å². The van der Waals surface area contributed by atoms with Crippen LogP contribution in [0.2, 0.25) is 0 Å². The molecular weight excluding hydrogens is 218 g/mol. The fourth-order valence-electron chi connectivity index (χ4n) is 2.53. The highest BCUT2D eigenvalue weighted by molar-refractivity contribution is 7.09. The maximum absolute atomic E-state index is 9.31. The Morgan fingerprint density at radius 3 is 3.00 bits per heavy atom. The maximum Gasteiger partial charge on any atom is 0.0474 e. The van der Waals surface area contributed by atoms with E-state index in [1.54, 1.807) is 0 Å². The van der Waals surface area contributed by atoms with Gasteiger partial charge in [-0.2, -0.15) is 0 Å². The highest BCUT2D eigenvalue weighted by Gasteiger charge is 2.23. The topological polar surface area (TPSA) is 32.3 Å². The first-order chi connectivity index (χ1) is 7.90. The van der Waals surface area contributed by atoms with Crippen molar-refractivity contribution in [2.24, 2.45) is 5.92 Å². The summed E-state index contributed by atoms with van der Waals surface area (Å²) in [4.78, 5) is 1.45. The van der Waals surface area contributed by atoms with Crippen LogP contribution < -0.4 is 5.32 Å². The number of thiophene rings is 1. The summed E-state index contributed by atoms with van der Waals surface area (Å²) >= 11 is 1.83. The molecule has 0 amide bonds. The Kier molecular flexibility index (Phi) is 4.82. The van der Waals surface area contributed by atoms with Gasteiger partial charge in [-0.05, 0) is 36.6 Å².